The summed E-state index contributed by atoms with van der Waals surface area (Å²) in [5, 5.41) is 15.2. The number of hydrogen-bond donors (Lipinski definition) is 2. The minimum Gasteiger partial charge on any atom is -0.459 e. The number of carbonyl (C=O) groups is 2. The first-order valence-electron chi connectivity index (χ1n) is 9.37. The normalized spacial score (nSPS) is 11.6. The first-order chi connectivity index (χ1) is 15.1. The Labute approximate surface area is 187 Å². The molecule has 31 heavy (non-hydrogen) atoms. The number of halogens is 1. The van der Waals surface area contributed by atoms with Crippen molar-refractivity contribution in [3.63, 3.8) is 0 Å². The minimum atomic E-state index is -0.835. The van der Waals surface area contributed by atoms with Gasteiger partial charge in [-0.2, -0.15) is 0 Å². The van der Waals surface area contributed by atoms with Gasteiger partial charge >= 0.3 is 0 Å². The van der Waals surface area contributed by atoms with Gasteiger partial charge in [-0.25, -0.2) is 0 Å². The fraction of sp³-hybridized carbons (Fsp3) is 0.0909. The van der Waals surface area contributed by atoms with Gasteiger partial charge < -0.3 is 9.73 Å². The van der Waals surface area contributed by atoms with Crippen molar-refractivity contribution in [1.82, 2.24) is 15.5 Å². The number of carbonyl (C=O) groups excluding carboxylic acids is 2. The molecule has 2 N–H and O–H groups in total. The Morgan fingerprint density at radius 2 is 1.87 bits per heavy atom. The molecule has 4 aromatic rings. The number of benzene rings is 2. The lowest BCUT2D eigenvalue weighted by Gasteiger charge is -2.17. The zero-order valence-electron chi connectivity index (χ0n) is 16.1. The average molecular weight is 453 g/mol. The molecule has 0 saturated carbocycles. The van der Waals surface area contributed by atoms with Gasteiger partial charge in [0.2, 0.25) is 11.0 Å². The number of hydrogen-bond acceptors (Lipinski definition) is 6. The summed E-state index contributed by atoms with van der Waals surface area (Å²) < 4.78 is 5.13. The molecular formula is C22H17ClN4O3S. The molecule has 0 radical (unpaired) electrons. The fourth-order valence-corrected chi connectivity index (χ4v) is 3.83. The number of aromatic nitrogens is 2. The van der Waals surface area contributed by atoms with E-state index in [1.807, 2.05) is 42.5 Å². The summed E-state index contributed by atoms with van der Waals surface area (Å²) in [5.41, 5.74) is 1.71. The second-order valence-corrected chi connectivity index (χ2v) is 8.02. The highest BCUT2D eigenvalue weighted by atomic mass is 35.5. The Kier molecular flexibility index (Phi) is 6.40. The van der Waals surface area contributed by atoms with Crippen LogP contribution in [-0.2, 0) is 11.2 Å². The van der Waals surface area contributed by atoms with Crippen molar-refractivity contribution in [1.29, 1.82) is 0 Å². The number of furan rings is 1. The second-order valence-electron chi connectivity index (χ2n) is 6.61. The minimum absolute atomic E-state index is 0.130. The average Bonchev–Trinajstić information content (AvgIpc) is 3.46. The van der Waals surface area contributed by atoms with Crippen molar-refractivity contribution in [3.05, 3.63) is 89.3 Å². The molecule has 156 valence electrons. The Balaban J connectivity index is 1.50. The van der Waals surface area contributed by atoms with Gasteiger partial charge in [0.1, 0.15) is 11.0 Å². The monoisotopic (exact) mass is 452 g/mol. The molecule has 2 amide bonds. The van der Waals surface area contributed by atoms with Gasteiger partial charge in [0.05, 0.1) is 6.26 Å². The highest BCUT2D eigenvalue weighted by Crippen LogP contribution is 2.28. The first-order valence-corrected chi connectivity index (χ1v) is 10.6. The zero-order valence-corrected chi connectivity index (χ0v) is 17.7. The predicted octanol–water partition coefficient (Wildman–Crippen LogP) is 4.43. The molecule has 7 nitrogen and oxygen atoms in total. The van der Waals surface area contributed by atoms with Crippen LogP contribution in [0.25, 0.3) is 10.6 Å². The van der Waals surface area contributed by atoms with Gasteiger partial charge in [0.15, 0.2) is 5.76 Å². The molecule has 0 spiro atoms. The Bertz CT molecular complexity index is 1180. The van der Waals surface area contributed by atoms with E-state index in [0.717, 1.165) is 11.1 Å². The molecule has 0 aliphatic carbocycles. The summed E-state index contributed by atoms with van der Waals surface area (Å²) in [6.45, 7) is 0. The second kappa shape index (κ2) is 9.55. The molecule has 4 rings (SSSR count). The third-order valence-corrected chi connectivity index (χ3v) is 5.50. The molecule has 9 heteroatoms. The summed E-state index contributed by atoms with van der Waals surface area (Å²) in [6.07, 6.45) is 1.71. The number of nitrogens with one attached hydrogen (secondary N) is 2. The van der Waals surface area contributed by atoms with Crippen LogP contribution in [0, 0.1) is 0 Å². The molecular weight excluding hydrogens is 436 g/mol. The molecule has 0 aliphatic rings. The van der Waals surface area contributed by atoms with E-state index >= 15 is 0 Å². The van der Waals surface area contributed by atoms with E-state index in [9.17, 15) is 9.59 Å². The van der Waals surface area contributed by atoms with Crippen LogP contribution >= 0.6 is 22.9 Å². The molecule has 0 saturated heterocycles. The van der Waals surface area contributed by atoms with Crippen LogP contribution in [0.5, 0.6) is 0 Å². The van der Waals surface area contributed by atoms with Gasteiger partial charge in [-0.15, -0.1) is 10.2 Å². The Morgan fingerprint density at radius 3 is 2.61 bits per heavy atom. The van der Waals surface area contributed by atoms with Crippen LogP contribution in [-0.4, -0.2) is 28.1 Å². The Morgan fingerprint density at radius 1 is 1.03 bits per heavy atom. The topological polar surface area (TPSA) is 97.1 Å². The number of amides is 2. The SMILES string of the molecule is O=C(NC(Cc1ccccc1)C(=O)Nc1nnc(-c2cccc(Cl)c2)s1)c1ccco1. The molecule has 1 atom stereocenters. The maximum absolute atomic E-state index is 13.0. The van der Waals surface area contributed by atoms with E-state index in [2.05, 4.69) is 20.8 Å². The maximum atomic E-state index is 13.0. The molecule has 1 unspecified atom stereocenters. The van der Waals surface area contributed by atoms with Crippen molar-refractivity contribution in [2.75, 3.05) is 5.32 Å². The lowest BCUT2D eigenvalue weighted by atomic mass is 10.1. The van der Waals surface area contributed by atoms with Crippen molar-refractivity contribution < 1.29 is 14.0 Å². The number of anilines is 1. The highest BCUT2D eigenvalue weighted by Gasteiger charge is 2.24. The van der Waals surface area contributed by atoms with Crippen molar-refractivity contribution in [2.45, 2.75) is 12.5 Å². The third-order valence-electron chi connectivity index (χ3n) is 4.38. The molecule has 0 fully saturated rings. The van der Waals surface area contributed by atoms with Crippen LogP contribution in [0.2, 0.25) is 5.02 Å². The summed E-state index contributed by atoms with van der Waals surface area (Å²) in [7, 11) is 0. The number of nitrogens with zero attached hydrogens (tertiary/aromatic N) is 2. The van der Waals surface area contributed by atoms with Crippen molar-refractivity contribution in [2.24, 2.45) is 0 Å². The molecule has 0 bridgehead atoms. The van der Waals surface area contributed by atoms with Crippen LogP contribution < -0.4 is 10.6 Å². The number of rotatable bonds is 7. The quantitative estimate of drug-likeness (QED) is 0.432. The van der Waals surface area contributed by atoms with Gasteiger partial charge in [-0.3, -0.25) is 14.9 Å². The van der Waals surface area contributed by atoms with Crippen LogP contribution in [0.4, 0.5) is 5.13 Å². The van der Waals surface area contributed by atoms with E-state index < -0.39 is 17.9 Å². The lowest BCUT2D eigenvalue weighted by molar-refractivity contribution is -0.118. The van der Waals surface area contributed by atoms with E-state index in [-0.39, 0.29) is 5.76 Å². The van der Waals surface area contributed by atoms with Gasteiger partial charge in [0.25, 0.3) is 5.91 Å². The zero-order chi connectivity index (χ0) is 21.6. The first kappa shape index (κ1) is 20.8. The summed E-state index contributed by atoms with van der Waals surface area (Å²) >= 11 is 7.25. The third kappa shape index (κ3) is 5.36. The van der Waals surface area contributed by atoms with Crippen LogP contribution in [0.3, 0.4) is 0 Å². The lowest BCUT2D eigenvalue weighted by Crippen LogP contribution is -2.45. The summed E-state index contributed by atoms with van der Waals surface area (Å²) in [6, 6.07) is 19.0. The van der Waals surface area contributed by atoms with Gasteiger partial charge in [0, 0.05) is 17.0 Å². The van der Waals surface area contributed by atoms with Gasteiger partial charge in [-0.05, 0) is 29.8 Å². The molecule has 2 aromatic heterocycles. The van der Waals surface area contributed by atoms with E-state index in [1.54, 1.807) is 18.2 Å². The summed E-state index contributed by atoms with van der Waals surface area (Å²) in [5.74, 6) is -0.750. The van der Waals surface area contributed by atoms with Gasteiger partial charge in [-0.1, -0.05) is 65.4 Å². The van der Waals surface area contributed by atoms with E-state index in [1.165, 1.54) is 23.7 Å². The molecule has 0 aliphatic heterocycles. The van der Waals surface area contributed by atoms with Crippen molar-refractivity contribution >= 4 is 39.9 Å². The smallest absolute Gasteiger partial charge is 0.287 e. The van der Waals surface area contributed by atoms with Crippen LogP contribution in [0.15, 0.2) is 77.4 Å². The highest BCUT2D eigenvalue weighted by molar-refractivity contribution is 7.18. The van der Waals surface area contributed by atoms with Crippen molar-refractivity contribution in [3.8, 4) is 10.6 Å². The largest absolute Gasteiger partial charge is 0.459 e. The van der Waals surface area contributed by atoms with E-state index in [4.69, 9.17) is 16.0 Å². The predicted molar refractivity (Wildman–Crippen MR) is 119 cm³/mol. The fourth-order valence-electron chi connectivity index (χ4n) is 2.90. The standard InChI is InChI=1S/C22H17ClN4O3S/c23-16-9-4-8-15(13-16)21-26-27-22(31-21)25-19(28)17(12-14-6-2-1-3-7-14)24-20(29)18-10-5-11-30-18/h1-11,13,17H,12H2,(H,24,29)(H,25,27,28). The molecule has 2 heterocycles. The van der Waals surface area contributed by atoms with E-state index in [0.29, 0.717) is 21.6 Å². The Hall–Kier alpha value is -3.49. The maximum Gasteiger partial charge on any atom is 0.287 e. The summed E-state index contributed by atoms with van der Waals surface area (Å²) in [4.78, 5) is 25.4. The molecule has 2 aromatic carbocycles. The van der Waals surface area contributed by atoms with Crippen LogP contribution in [0.1, 0.15) is 16.1 Å².